The van der Waals surface area contributed by atoms with Gasteiger partial charge in [0.2, 0.25) is 23.6 Å². The Labute approximate surface area is 195 Å². The van der Waals surface area contributed by atoms with Crippen LogP contribution in [-0.2, 0) is 28.8 Å². The minimum atomic E-state index is -1.56. The number of carboxylic acids is 2. The summed E-state index contributed by atoms with van der Waals surface area (Å²) in [5, 5.41) is 34.1. The molecule has 0 fully saturated rings. The van der Waals surface area contributed by atoms with Gasteiger partial charge in [-0.1, -0.05) is 0 Å². The molecule has 12 N–H and O–H groups in total. The fraction of sp³-hybridized carbons (Fsp3) is 0.684. The number of nitrogens with one attached hydrogen (secondary N) is 3. The van der Waals surface area contributed by atoms with Gasteiger partial charge in [0.05, 0.1) is 12.6 Å². The summed E-state index contributed by atoms with van der Waals surface area (Å²) in [5.41, 5.74) is 16.1. The van der Waals surface area contributed by atoms with Crippen molar-refractivity contribution in [3.05, 3.63) is 0 Å². The number of amides is 4. The Bertz CT molecular complexity index is 733. The number of hydrogen-bond acceptors (Lipinski definition) is 9. The van der Waals surface area contributed by atoms with E-state index in [-0.39, 0.29) is 32.1 Å². The van der Waals surface area contributed by atoms with Crippen LogP contribution in [0.2, 0.25) is 0 Å². The average Bonchev–Trinajstić information content (AvgIpc) is 2.76. The number of carbonyl (C=O) groups excluding carboxylic acids is 4. The molecule has 34 heavy (non-hydrogen) atoms. The molecule has 0 rings (SSSR count). The Morgan fingerprint density at radius 3 is 1.79 bits per heavy atom. The fourth-order valence-corrected chi connectivity index (χ4v) is 2.73. The molecule has 0 heterocycles. The van der Waals surface area contributed by atoms with E-state index in [2.05, 4.69) is 16.0 Å². The number of rotatable bonds is 18. The lowest BCUT2D eigenvalue weighted by molar-refractivity contribution is -0.143. The van der Waals surface area contributed by atoms with Crippen LogP contribution in [0.5, 0.6) is 0 Å². The second-order valence-electron chi connectivity index (χ2n) is 7.53. The van der Waals surface area contributed by atoms with Gasteiger partial charge in [0.15, 0.2) is 0 Å². The minimum absolute atomic E-state index is 0.108. The molecule has 0 aromatic heterocycles. The zero-order chi connectivity index (χ0) is 26.3. The molecule has 15 nitrogen and oxygen atoms in total. The van der Waals surface area contributed by atoms with Gasteiger partial charge >= 0.3 is 11.9 Å². The Hall–Kier alpha value is -3.30. The van der Waals surface area contributed by atoms with E-state index in [1.54, 1.807) is 0 Å². The maximum Gasteiger partial charge on any atom is 0.326 e. The first-order valence-electron chi connectivity index (χ1n) is 10.6. The zero-order valence-corrected chi connectivity index (χ0v) is 18.7. The highest BCUT2D eigenvalue weighted by atomic mass is 16.4. The summed E-state index contributed by atoms with van der Waals surface area (Å²) >= 11 is 0. The Morgan fingerprint density at radius 2 is 1.29 bits per heavy atom. The highest BCUT2D eigenvalue weighted by molar-refractivity contribution is 5.94. The molecule has 0 saturated carbocycles. The second-order valence-corrected chi connectivity index (χ2v) is 7.53. The molecule has 0 bridgehead atoms. The van der Waals surface area contributed by atoms with E-state index < -0.39 is 66.3 Å². The molecule has 0 radical (unpaired) electrons. The van der Waals surface area contributed by atoms with Crippen molar-refractivity contribution in [3.63, 3.8) is 0 Å². The second kappa shape index (κ2) is 16.3. The monoisotopic (exact) mass is 490 g/mol. The molecule has 0 aliphatic heterocycles. The molecule has 0 spiro atoms. The molecule has 194 valence electrons. The van der Waals surface area contributed by atoms with E-state index in [1.165, 1.54) is 0 Å². The van der Waals surface area contributed by atoms with Gasteiger partial charge in [-0.15, -0.1) is 0 Å². The fourth-order valence-electron chi connectivity index (χ4n) is 2.73. The maximum atomic E-state index is 12.7. The van der Waals surface area contributed by atoms with E-state index in [9.17, 15) is 39.0 Å². The third kappa shape index (κ3) is 12.7. The molecule has 15 heteroatoms. The van der Waals surface area contributed by atoms with Crippen molar-refractivity contribution in [3.8, 4) is 0 Å². The highest BCUT2D eigenvalue weighted by Gasteiger charge is 2.30. The van der Waals surface area contributed by atoms with Gasteiger partial charge in [-0.25, -0.2) is 4.79 Å². The number of aliphatic carboxylic acids is 2. The maximum absolute atomic E-state index is 12.7. The van der Waals surface area contributed by atoms with Gasteiger partial charge in [0.25, 0.3) is 0 Å². The van der Waals surface area contributed by atoms with Crippen LogP contribution in [-0.4, -0.2) is 88.2 Å². The van der Waals surface area contributed by atoms with Crippen LogP contribution >= 0.6 is 0 Å². The van der Waals surface area contributed by atoms with E-state index in [0.717, 1.165) is 0 Å². The normalized spacial score (nSPS) is 14.2. The number of nitrogens with two attached hydrogens (primary N) is 3. The number of aliphatic hydroxyl groups is 1. The number of carbonyl (C=O) groups is 6. The van der Waals surface area contributed by atoms with Crippen molar-refractivity contribution in [1.82, 2.24) is 16.0 Å². The summed E-state index contributed by atoms with van der Waals surface area (Å²) in [7, 11) is 0. The third-order valence-corrected chi connectivity index (χ3v) is 4.70. The number of aliphatic hydroxyl groups excluding tert-OH is 1. The van der Waals surface area contributed by atoms with Gasteiger partial charge in [-0.2, -0.15) is 0 Å². The first kappa shape index (κ1) is 30.7. The Balaban J connectivity index is 5.24. The first-order valence-corrected chi connectivity index (χ1v) is 10.6. The molecule has 4 amide bonds. The van der Waals surface area contributed by atoms with Crippen LogP contribution in [0.25, 0.3) is 0 Å². The summed E-state index contributed by atoms with van der Waals surface area (Å²) in [6.45, 7) is -0.564. The third-order valence-electron chi connectivity index (χ3n) is 4.70. The molecule has 0 aliphatic carbocycles. The first-order chi connectivity index (χ1) is 15.9. The lowest BCUT2D eigenvalue weighted by Gasteiger charge is -2.24. The zero-order valence-electron chi connectivity index (χ0n) is 18.7. The topological polar surface area (TPSA) is 277 Å². The van der Waals surface area contributed by atoms with Crippen LogP contribution in [0.15, 0.2) is 0 Å². The summed E-state index contributed by atoms with van der Waals surface area (Å²) in [6.07, 6.45) is -0.0816. The van der Waals surface area contributed by atoms with Crippen LogP contribution in [0.1, 0.15) is 44.9 Å². The number of carboxylic acid groups (broad SMARTS) is 2. The molecule has 4 atom stereocenters. The van der Waals surface area contributed by atoms with E-state index in [0.29, 0.717) is 19.4 Å². The van der Waals surface area contributed by atoms with Crippen LogP contribution in [0.3, 0.4) is 0 Å². The summed E-state index contributed by atoms with van der Waals surface area (Å²) < 4.78 is 0. The molecule has 0 aromatic rings. The average molecular weight is 491 g/mol. The largest absolute Gasteiger partial charge is 0.481 e. The summed E-state index contributed by atoms with van der Waals surface area (Å²) in [6, 6.07) is -5.42. The summed E-state index contributed by atoms with van der Waals surface area (Å²) in [4.78, 5) is 70.2. The van der Waals surface area contributed by atoms with Crippen LogP contribution in [0.4, 0.5) is 0 Å². The molecular formula is C19H34N6O9. The van der Waals surface area contributed by atoms with E-state index in [4.69, 9.17) is 22.3 Å². The van der Waals surface area contributed by atoms with Crippen molar-refractivity contribution in [2.45, 2.75) is 69.1 Å². The highest BCUT2D eigenvalue weighted by Crippen LogP contribution is 2.04. The Morgan fingerprint density at radius 1 is 0.735 bits per heavy atom. The number of primary amides is 1. The number of unbranched alkanes of at least 4 members (excludes halogenated alkanes) is 1. The number of hydrogen-bond donors (Lipinski definition) is 9. The van der Waals surface area contributed by atoms with Crippen molar-refractivity contribution >= 4 is 35.6 Å². The quantitative estimate of drug-likeness (QED) is 0.0837. The van der Waals surface area contributed by atoms with Crippen LogP contribution in [0, 0.1) is 0 Å². The molecule has 0 aromatic carbocycles. The van der Waals surface area contributed by atoms with Gasteiger partial charge in [-0.3, -0.25) is 24.0 Å². The van der Waals surface area contributed by atoms with Gasteiger partial charge in [0, 0.05) is 12.8 Å². The molecule has 0 saturated heterocycles. The molecular weight excluding hydrogens is 456 g/mol. The molecule has 0 aliphatic rings. The standard InChI is InChI=1S/C19H34N6O9/c20-8-2-1-3-11(23-16(30)10(21)4-7-15(28)29)17(31)25-13(9-26)18(32)24-12(19(33)34)5-6-14(22)27/h10-13,26H,1-9,20-21H2,(H2,22,27)(H,23,30)(H,24,32)(H,25,31)(H,28,29)(H,33,34). The van der Waals surface area contributed by atoms with Crippen molar-refractivity contribution in [2.75, 3.05) is 13.2 Å². The van der Waals surface area contributed by atoms with Crippen molar-refractivity contribution < 1.29 is 44.1 Å². The van der Waals surface area contributed by atoms with Crippen molar-refractivity contribution in [1.29, 1.82) is 0 Å². The van der Waals surface area contributed by atoms with Gasteiger partial charge < -0.3 is 48.5 Å². The SMILES string of the molecule is NCCCCC(NC(=O)C(N)CCC(=O)O)C(=O)NC(CO)C(=O)NC(CCC(N)=O)C(=O)O. The lowest BCUT2D eigenvalue weighted by Crippen LogP contribution is -2.58. The predicted molar refractivity (Wildman–Crippen MR) is 117 cm³/mol. The Kier molecular flexibility index (Phi) is 14.7. The van der Waals surface area contributed by atoms with E-state index >= 15 is 0 Å². The van der Waals surface area contributed by atoms with Gasteiger partial charge in [-0.05, 0) is 38.6 Å². The predicted octanol–water partition coefficient (Wildman–Crippen LogP) is -3.90. The van der Waals surface area contributed by atoms with E-state index in [1.807, 2.05) is 0 Å². The van der Waals surface area contributed by atoms with Crippen LogP contribution < -0.4 is 33.2 Å². The summed E-state index contributed by atoms with van der Waals surface area (Å²) in [5.74, 6) is -6.03. The minimum Gasteiger partial charge on any atom is -0.481 e. The molecule has 4 unspecified atom stereocenters. The van der Waals surface area contributed by atoms with Crippen molar-refractivity contribution in [2.24, 2.45) is 17.2 Å². The lowest BCUT2D eigenvalue weighted by atomic mass is 10.1. The smallest absolute Gasteiger partial charge is 0.326 e. The van der Waals surface area contributed by atoms with Gasteiger partial charge in [0.1, 0.15) is 18.1 Å².